The minimum absolute atomic E-state index is 0.0668. The third-order valence-corrected chi connectivity index (χ3v) is 2.70. The van der Waals surface area contributed by atoms with Crippen LogP contribution in [-0.2, 0) is 11.3 Å². The van der Waals surface area contributed by atoms with Gasteiger partial charge in [-0.2, -0.15) is 0 Å². The molecule has 104 valence electrons. The maximum Gasteiger partial charge on any atom is 0.317 e. The molecular formula is C13H17FN2O3. The van der Waals surface area contributed by atoms with Crippen molar-refractivity contribution in [3.8, 4) is 0 Å². The van der Waals surface area contributed by atoms with Crippen LogP contribution in [0.4, 0.5) is 9.18 Å². The van der Waals surface area contributed by atoms with Gasteiger partial charge in [0.25, 0.3) is 0 Å². The first-order chi connectivity index (χ1) is 8.91. The summed E-state index contributed by atoms with van der Waals surface area (Å²) in [4.78, 5) is 23.6. The zero-order valence-corrected chi connectivity index (χ0v) is 10.9. The molecule has 0 fully saturated rings. The minimum atomic E-state index is -0.964. The molecule has 1 rings (SSSR count). The van der Waals surface area contributed by atoms with Gasteiger partial charge in [-0.25, -0.2) is 9.18 Å². The molecule has 2 amide bonds. The molecule has 1 aromatic carbocycles. The van der Waals surface area contributed by atoms with E-state index in [1.807, 2.05) is 0 Å². The van der Waals surface area contributed by atoms with Crippen LogP contribution in [0.15, 0.2) is 24.3 Å². The van der Waals surface area contributed by atoms with Crippen molar-refractivity contribution in [2.24, 2.45) is 5.92 Å². The highest BCUT2D eigenvalue weighted by Gasteiger charge is 2.17. The van der Waals surface area contributed by atoms with Gasteiger partial charge in [0, 0.05) is 25.7 Å². The summed E-state index contributed by atoms with van der Waals surface area (Å²) < 4.78 is 13.3. The van der Waals surface area contributed by atoms with Gasteiger partial charge >= 0.3 is 12.0 Å². The number of amides is 2. The van der Waals surface area contributed by atoms with E-state index < -0.39 is 17.9 Å². The van der Waals surface area contributed by atoms with Gasteiger partial charge in [0.1, 0.15) is 5.82 Å². The number of nitrogens with zero attached hydrogens (tertiary/aromatic N) is 1. The topological polar surface area (TPSA) is 69.6 Å². The van der Waals surface area contributed by atoms with Crippen LogP contribution in [0.2, 0.25) is 0 Å². The van der Waals surface area contributed by atoms with Crippen molar-refractivity contribution in [2.75, 3.05) is 13.6 Å². The average Bonchev–Trinajstić information content (AvgIpc) is 2.37. The van der Waals surface area contributed by atoms with E-state index >= 15 is 0 Å². The molecule has 1 aromatic rings. The summed E-state index contributed by atoms with van der Waals surface area (Å²) in [5.41, 5.74) is 0.385. The second-order valence-corrected chi connectivity index (χ2v) is 4.37. The molecule has 19 heavy (non-hydrogen) atoms. The van der Waals surface area contributed by atoms with Crippen LogP contribution < -0.4 is 5.32 Å². The van der Waals surface area contributed by atoms with Gasteiger partial charge in [-0.15, -0.1) is 0 Å². The molecule has 0 aliphatic rings. The van der Waals surface area contributed by atoms with E-state index in [4.69, 9.17) is 5.11 Å². The fourth-order valence-electron chi connectivity index (χ4n) is 1.52. The number of halogens is 1. The summed E-state index contributed by atoms with van der Waals surface area (Å²) in [5, 5.41) is 11.3. The van der Waals surface area contributed by atoms with Gasteiger partial charge in [0.15, 0.2) is 0 Å². The highest BCUT2D eigenvalue weighted by Crippen LogP contribution is 2.06. The first kappa shape index (κ1) is 14.9. The highest BCUT2D eigenvalue weighted by atomic mass is 19.1. The summed E-state index contributed by atoms with van der Waals surface area (Å²) in [7, 11) is 1.50. The van der Waals surface area contributed by atoms with Crippen LogP contribution in [0.25, 0.3) is 0 Å². The number of nitrogens with one attached hydrogen (secondary N) is 1. The number of carboxylic acid groups (broad SMARTS) is 1. The Labute approximate surface area is 111 Å². The summed E-state index contributed by atoms with van der Waals surface area (Å²) in [5.74, 6) is -2.00. The summed E-state index contributed by atoms with van der Waals surface area (Å²) in [6.45, 7) is 1.68. The summed E-state index contributed by atoms with van der Waals surface area (Å²) in [6.07, 6.45) is 0. The Kier molecular flexibility index (Phi) is 5.29. The Morgan fingerprint density at radius 1 is 1.42 bits per heavy atom. The first-order valence-corrected chi connectivity index (χ1v) is 5.87. The van der Waals surface area contributed by atoms with E-state index in [-0.39, 0.29) is 18.9 Å². The molecule has 0 heterocycles. The number of carboxylic acids is 1. The smallest absolute Gasteiger partial charge is 0.317 e. The Hall–Kier alpha value is -2.11. The van der Waals surface area contributed by atoms with Crippen LogP contribution in [0.3, 0.4) is 0 Å². The van der Waals surface area contributed by atoms with Crippen molar-refractivity contribution in [3.05, 3.63) is 35.6 Å². The molecule has 0 saturated heterocycles. The molecule has 0 aliphatic carbocycles. The fraction of sp³-hybridized carbons (Fsp3) is 0.385. The minimum Gasteiger partial charge on any atom is -0.481 e. The lowest BCUT2D eigenvalue weighted by Gasteiger charge is -2.20. The van der Waals surface area contributed by atoms with Gasteiger partial charge in [-0.05, 0) is 6.07 Å². The number of hydrogen-bond acceptors (Lipinski definition) is 2. The molecule has 0 spiro atoms. The quantitative estimate of drug-likeness (QED) is 0.853. The van der Waals surface area contributed by atoms with E-state index in [0.29, 0.717) is 5.56 Å². The molecule has 2 N–H and O–H groups in total. The third-order valence-electron chi connectivity index (χ3n) is 2.70. The molecular weight excluding hydrogens is 251 g/mol. The Morgan fingerprint density at radius 3 is 2.63 bits per heavy atom. The largest absolute Gasteiger partial charge is 0.481 e. The Bertz CT molecular complexity index is 465. The van der Waals surface area contributed by atoms with E-state index in [0.717, 1.165) is 0 Å². The van der Waals surface area contributed by atoms with Crippen LogP contribution in [-0.4, -0.2) is 35.6 Å². The van der Waals surface area contributed by atoms with Crippen molar-refractivity contribution in [1.29, 1.82) is 0 Å². The van der Waals surface area contributed by atoms with Crippen LogP contribution >= 0.6 is 0 Å². The number of urea groups is 1. The number of carbonyl (C=O) groups excluding carboxylic acids is 1. The molecule has 0 saturated carbocycles. The molecule has 1 atom stereocenters. The molecule has 1 unspecified atom stereocenters. The van der Waals surface area contributed by atoms with Crippen molar-refractivity contribution >= 4 is 12.0 Å². The molecule has 5 nitrogen and oxygen atoms in total. The van der Waals surface area contributed by atoms with Gasteiger partial charge in [-0.1, -0.05) is 25.1 Å². The SMILES string of the molecule is CC(CN(C)C(=O)NCc1ccccc1F)C(=O)O. The summed E-state index contributed by atoms with van der Waals surface area (Å²) in [6, 6.07) is 5.71. The maximum absolute atomic E-state index is 13.3. The number of rotatable bonds is 5. The van der Waals surface area contributed by atoms with Crippen molar-refractivity contribution < 1.29 is 19.1 Å². The predicted octanol–water partition coefficient (Wildman–Crippen LogP) is 1.69. The molecule has 0 radical (unpaired) electrons. The lowest BCUT2D eigenvalue weighted by molar-refractivity contribution is -0.141. The van der Waals surface area contributed by atoms with Crippen molar-refractivity contribution in [3.63, 3.8) is 0 Å². The molecule has 0 bridgehead atoms. The maximum atomic E-state index is 13.3. The van der Waals surface area contributed by atoms with E-state index in [1.54, 1.807) is 18.2 Å². The van der Waals surface area contributed by atoms with E-state index in [9.17, 15) is 14.0 Å². The lowest BCUT2D eigenvalue weighted by atomic mass is 10.2. The van der Waals surface area contributed by atoms with Crippen molar-refractivity contribution in [2.45, 2.75) is 13.5 Å². The van der Waals surface area contributed by atoms with Gasteiger partial charge in [0.05, 0.1) is 5.92 Å². The molecule has 0 aromatic heterocycles. The Morgan fingerprint density at radius 2 is 2.05 bits per heavy atom. The predicted molar refractivity (Wildman–Crippen MR) is 68.1 cm³/mol. The summed E-state index contributed by atoms with van der Waals surface area (Å²) >= 11 is 0. The normalized spacial score (nSPS) is 11.7. The molecule has 0 aliphatic heterocycles. The average molecular weight is 268 g/mol. The van der Waals surface area contributed by atoms with E-state index in [2.05, 4.69) is 5.32 Å². The second-order valence-electron chi connectivity index (χ2n) is 4.37. The number of hydrogen-bond donors (Lipinski definition) is 2. The van der Waals surface area contributed by atoms with E-state index in [1.165, 1.54) is 24.9 Å². The van der Waals surface area contributed by atoms with Crippen LogP contribution in [0.5, 0.6) is 0 Å². The molecule has 6 heteroatoms. The van der Waals surface area contributed by atoms with Crippen LogP contribution in [0.1, 0.15) is 12.5 Å². The standard InChI is InChI=1S/C13H17FN2O3/c1-9(12(17)18)8-16(2)13(19)15-7-10-5-3-4-6-11(10)14/h3-6,9H,7-8H2,1-2H3,(H,15,19)(H,17,18). The number of benzene rings is 1. The third kappa shape index (κ3) is 4.57. The monoisotopic (exact) mass is 268 g/mol. The van der Waals surface area contributed by atoms with Crippen LogP contribution in [0, 0.1) is 11.7 Å². The number of aliphatic carboxylic acids is 1. The van der Waals surface area contributed by atoms with Gasteiger partial charge < -0.3 is 15.3 Å². The fourth-order valence-corrected chi connectivity index (χ4v) is 1.52. The van der Waals surface area contributed by atoms with Gasteiger partial charge in [0.2, 0.25) is 0 Å². The number of carbonyl (C=O) groups is 2. The lowest BCUT2D eigenvalue weighted by Crippen LogP contribution is -2.40. The van der Waals surface area contributed by atoms with Gasteiger partial charge in [-0.3, -0.25) is 4.79 Å². The van der Waals surface area contributed by atoms with Crippen molar-refractivity contribution in [1.82, 2.24) is 10.2 Å². The first-order valence-electron chi connectivity index (χ1n) is 5.87. The zero-order valence-electron chi connectivity index (χ0n) is 10.9. The Balaban J connectivity index is 2.47. The second kappa shape index (κ2) is 6.72. The zero-order chi connectivity index (χ0) is 14.4. The highest BCUT2D eigenvalue weighted by molar-refractivity contribution is 5.75.